The summed E-state index contributed by atoms with van der Waals surface area (Å²) in [4.78, 5) is 11.3. The van der Waals surface area contributed by atoms with Gasteiger partial charge in [-0.3, -0.25) is 4.79 Å². The lowest BCUT2D eigenvalue weighted by Crippen LogP contribution is -2.30. The van der Waals surface area contributed by atoms with Gasteiger partial charge in [-0.25, -0.2) is 12.7 Å². The van der Waals surface area contributed by atoms with Crippen molar-refractivity contribution in [2.24, 2.45) is 0 Å². The zero-order valence-electron chi connectivity index (χ0n) is 11.3. The molecule has 0 heterocycles. The summed E-state index contributed by atoms with van der Waals surface area (Å²) in [6.07, 6.45) is 0.00348. The molecule has 6 nitrogen and oxygen atoms in total. The Kier molecular flexibility index (Phi) is 5.97. The molecule has 0 saturated heterocycles. The summed E-state index contributed by atoms with van der Waals surface area (Å²) < 4.78 is 31.0. The molecule has 1 aromatic carbocycles. The molecule has 20 heavy (non-hydrogen) atoms. The van der Waals surface area contributed by atoms with E-state index in [-0.39, 0.29) is 24.5 Å². The maximum Gasteiger partial charge on any atom is 0.307 e. The summed E-state index contributed by atoms with van der Waals surface area (Å²) in [6.45, 7) is 2.01. The fourth-order valence-corrected chi connectivity index (χ4v) is 3.61. The summed E-state index contributed by atoms with van der Waals surface area (Å²) >= 11 is 3.19. The second kappa shape index (κ2) is 7.05. The second-order valence-electron chi connectivity index (χ2n) is 4.07. The molecule has 1 aromatic rings. The molecule has 112 valence electrons. The van der Waals surface area contributed by atoms with Gasteiger partial charge in [0.25, 0.3) is 0 Å². The van der Waals surface area contributed by atoms with Crippen LogP contribution in [0.2, 0.25) is 0 Å². The van der Waals surface area contributed by atoms with Crippen LogP contribution in [0, 0.1) is 0 Å². The highest BCUT2D eigenvalue weighted by Gasteiger charge is 2.24. The van der Waals surface area contributed by atoms with Crippen LogP contribution in [-0.4, -0.2) is 38.9 Å². The predicted molar refractivity (Wildman–Crippen MR) is 79.6 cm³/mol. The average Bonchev–Trinajstić information content (AvgIpc) is 2.38. The molecule has 0 spiro atoms. The van der Waals surface area contributed by atoms with Crippen LogP contribution in [0.5, 0.6) is 0 Å². The molecular formula is C12H17BrN2O4S. The van der Waals surface area contributed by atoms with Crippen molar-refractivity contribution >= 4 is 37.6 Å². The van der Waals surface area contributed by atoms with Crippen LogP contribution in [0.1, 0.15) is 13.3 Å². The first-order valence-electron chi connectivity index (χ1n) is 5.96. The van der Waals surface area contributed by atoms with Gasteiger partial charge in [0.2, 0.25) is 10.0 Å². The smallest absolute Gasteiger partial charge is 0.307 e. The number of nitrogens with two attached hydrogens (primary N) is 1. The van der Waals surface area contributed by atoms with Crippen molar-refractivity contribution in [3.05, 3.63) is 22.7 Å². The van der Waals surface area contributed by atoms with Gasteiger partial charge in [-0.2, -0.15) is 0 Å². The van der Waals surface area contributed by atoms with Gasteiger partial charge in [0.05, 0.1) is 17.9 Å². The third-order valence-electron chi connectivity index (χ3n) is 2.58. The fraction of sp³-hybridized carbons (Fsp3) is 0.417. The van der Waals surface area contributed by atoms with Crippen molar-refractivity contribution in [3.8, 4) is 0 Å². The molecule has 0 saturated carbocycles. The van der Waals surface area contributed by atoms with Gasteiger partial charge in [0, 0.05) is 23.8 Å². The minimum absolute atomic E-state index is 0.00348. The van der Waals surface area contributed by atoms with Crippen molar-refractivity contribution in [3.63, 3.8) is 0 Å². The summed E-state index contributed by atoms with van der Waals surface area (Å²) in [5, 5.41) is 0. The lowest BCUT2D eigenvalue weighted by molar-refractivity contribution is -0.143. The molecule has 0 atom stereocenters. The van der Waals surface area contributed by atoms with E-state index in [2.05, 4.69) is 15.9 Å². The number of sulfonamides is 1. The first-order valence-corrected chi connectivity index (χ1v) is 8.19. The predicted octanol–water partition coefficient (Wildman–Crippen LogP) is 1.60. The molecule has 0 bridgehead atoms. The molecule has 0 amide bonds. The van der Waals surface area contributed by atoms with E-state index in [9.17, 15) is 13.2 Å². The number of ether oxygens (including phenoxy) is 1. The van der Waals surface area contributed by atoms with Gasteiger partial charge < -0.3 is 10.5 Å². The van der Waals surface area contributed by atoms with Gasteiger partial charge in [-0.05, 0) is 41.1 Å². The van der Waals surface area contributed by atoms with Crippen molar-refractivity contribution in [1.82, 2.24) is 4.31 Å². The van der Waals surface area contributed by atoms with Crippen LogP contribution in [-0.2, 0) is 19.6 Å². The van der Waals surface area contributed by atoms with E-state index < -0.39 is 16.0 Å². The van der Waals surface area contributed by atoms with E-state index in [4.69, 9.17) is 10.5 Å². The zero-order valence-corrected chi connectivity index (χ0v) is 13.7. The molecule has 0 radical (unpaired) electrons. The number of esters is 1. The number of hydrogen-bond donors (Lipinski definition) is 1. The van der Waals surface area contributed by atoms with Crippen LogP contribution in [0.25, 0.3) is 0 Å². The van der Waals surface area contributed by atoms with Gasteiger partial charge >= 0.3 is 5.97 Å². The standard InChI is InChI=1S/C12H17BrN2O4S/c1-3-19-12(16)6-7-15(2)20(17,18)11-8-9(14)4-5-10(11)13/h4-5,8H,3,6-7,14H2,1-2H3. The third kappa shape index (κ3) is 4.19. The monoisotopic (exact) mass is 364 g/mol. The maximum atomic E-state index is 12.4. The summed E-state index contributed by atoms with van der Waals surface area (Å²) in [7, 11) is -2.30. The number of hydrogen-bond acceptors (Lipinski definition) is 5. The number of rotatable bonds is 6. The molecule has 2 N–H and O–H groups in total. The highest BCUT2D eigenvalue weighted by molar-refractivity contribution is 9.10. The third-order valence-corrected chi connectivity index (χ3v) is 5.43. The molecule has 0 unspecified atom stereocenters. The Hall–Kier alpha value is -1.12. The van der Waals surface area contributed by atoms with Gasteiger partial charge in [-0.15, -0.1) is 0 Å². The first-order chi connectivity index (χ1) is 9.28. The van der Waals surface area contributed by atoms with Crippen LogP contribution < -0.4 is 5.73 Å². The number of nitrogens with zero attached hydrogens (tertiary/aromatic N) is 1. The van der Waals surface area contributed by atoms with Crippen LogP contribution in [0.3, 0.4) is 0 Å². The van der Waals surface area contributed by atoms with E-state index in [1.165, 1.54) is 13.1 Å². The number of nitrogen functional groups attached to an aromatic ring is 1. The van der Waals surface area contributed by atoms with Gasteiger partial charge in [0.1, 0.15) is 0 Å². The van der Waals surface area contributed by atoms with Crippen molar-refractivity contribution in [2.75, 3.05) is 25.9 Å². The Labute approximate surface area is 127 Å². The van der Waals surface area contributed by atoms with Crippen LogP contribution in [0.4, 0.5) is 5.69 Å². The van der Waals surface area contributed by atoms with E-state index >= 15 is 0 Å². The molecule has 0 aliphatic heterocycles. The second-order valence-corrected chi connectivity index (χ2v) is 6.94. The summed E-state index contributed by atoms with van der Waals surface area (Å²) in [6, 6.07) is 4.55. The molecule has 0 aliphatic carbocycles. The Bertz CT molecular complexity index is 589. The highest BCUT2D eigenvalue weighted by atomic mass is 79.9. The van der Waals surface area contributed by atoms with Gasteiger partial charge in [-0.1, -0.05) is 0 Å². The first kappa shape index (κ1) is 16.9. The van der Waals surface area contributed by atoms with E-state index in [0.29, 0.717) is 10.2 Å². The van der Waals surface area contributed by atoms with E-state index in [1.54, 1.807) is 19.1 Å². The fourth-order valence-electron chi connectivity index (χ4n) is 1.49. The molecule has 8 heteroatoms. The van der Waals surface area contributed by atoms with Crippen molar-refractivity contribution in [1.29, 1.82) is 0 Å². The quantitative estimate of drug-likeness (QED) is 0.611. The number of halogens is 1. The zero-order chi connectivity index (χ0) is 15.3. The largest absolute Gasteiger partial charge is 0.466 e. The number of benzene rings is 1. The van der Waals surface area contributed by atoms with Crippen molar-refractivity contribution < 1.29 is 17.9 Å². The number of carbonyl (C=O) groups is 1. The SMILES string of the molecule is CCOC(=O)CCN(C)S(=O)(=O)c1cc(N)ccc1Br. The van der Waals surface area contributed by atoms with Crippen LogP contribution in [0.15, 0.2) is 27.6 Å². The van der Waals surface area contributed by atoms with Gasteiger partial charge in [0.15, 0.2) is 0 Å². The Morgan fingerprint density at radius 3 is 2.70 bits per heavy atom. The summed E-state index contributed by atoms with van der Waals surface area (Å²) in [5.74, 6) is -0.429. The molecule has 0 aliphatic rings. The minimum Gasteiger partial charge on any atom is -0.466 e. The lowest BCUT2D eigenvalue weighted by Gasteiger charge is -2.18. The molecular weight excluding hydrogens is 348 g/mol. The molecule has 0 fully saturated rings. The average molecular weight is 365 g/mol. The Morgan fingerprint density at radius 2 is 2.10 bits per heavy atom. The number of anilines is 1. The van der Waals surface area contributed by atoms with Crippen LogP contribution >= 0.6 is 15.9 Å². The Balaban J connectivity index is 2.87. The number of carbonyl (C=O) groups excluding carboxylic acids is 1. The van der Waals surface area contributed by atoms with Crippen molar-refractivity contribution in [2.45, 2.75) is 18.2 Å². The molecule has 0 aromatic heterocycles. The van der Waals surface area contributed by atoms with E-state index in [1.807, 2.05) is 0 Å². The highest BCUT2D eigenvalue weighted by Crippen LogP contribution is 2.26. The topological polar surface area (TPSA) is 89.7 Å². The normalized spacial score (nSPS) is 11.6. The molecule has 1 rings (SSSR count). The Morgan fingerprint density at radius 1 is 1.45 bits per heavy atom. The minimum atomic E-state index is -3.70. The lowest BCUT2D eigenvalue weighted by atomic mass is 10.3. The summed E-state index contributed by atoms with van der Waals surface area (Å²) in [5.41, 5.74) is 5.96. The maximum absolute atomic E-state index is 12.4. The van der Waals surface area contributed by atoms with E-state index in [0.717, 1.165) is 4.31 Å².